The van der Waals surface area contributed by atoms with Crippen LogP contribution in [0.5, 0.6) is 5.75 Å². The van der Waals surface area contributed by atoms with Gasteiger partial charge in [-0.3, -0.25) is 81.5 Å². The summed E-state index contributed by atoms with van der Waals surface area (Å²) in [6.45, 7) is 2.23. The van der Waals surface area contributed by atoms with Crippen LogP contribution in [0.2, 0.25) is 0 Å². The number of nitrogens with zero attached hydrogens (tertiary/aromatic N) is 5. The number of nitrogens with two attached hydrogens (primary N) is 2. The summed E-state index contributed by atoms with van der Waals surface area (Å²) in [5.74, 6) is -22.1. The number of benzene rings is 5. The molecule has 3 fully saturated rings. The van der Waals surface area contributed by atoms with Crippen molar-refractivity contribution in [1.29, 1.82) is 0 Å². The van der Waals surface area contributed by atoms with Crippen molar-refractivity contribution in [2.24, 2.45) is 17.4 Å². The number of primary amides is 1. The number of fused-ring (bicyclic) bond motifs is 3. The Morgan fingerprint density at radius 2 is 1.04 bits per heavy atom. The highest BCUT2D eigenvalue weighted by atomic mass is 32.2. The van der Waals surface area contributed by atoms with Crippen LogP contribution in [0.4, 0.5) is 13.2 Å². The number of carbonyl (C=O) groups is 17. The molecule has 0 aliphatic carbocycles. The van der Waals surface area contributed by atoms with Crippen LogP contribution in [-0.4, -0.2) is 287 Å². The zero-order valence-electron chi connectivity index (χ0n) is 74.1. The van der Waals surface area contributed by atoms with Gasteiger partial charge in [-0.2, -0.15) is 0 Å². The molecule has 13 atom stereocenters. The minimum Gasteiger partial charge on any atom is -0.508 e. The zero-order chi connectivity index (χ0) is 96.0. The van der Waals surface area contributed by atoms with E-state index in [-0.39, 0.29) is 115 Å². The molecule has 41 heteroatoms. The lowest BCUT2D eigenvalue weighted by Crippen LogP contribution is -2.62. The first-order valence-corrected chi connectivity index (χ1v) is 44.6. The van der Waals surface area contributed by atoms with Gasteiger partial charge in [0, 0.05) is 89.2 Å². The molecule has 15 N–H and O–H groups in total. The fourth-order valence-electron chi connectivity index (χ4n) is 16.1. The maximum atomic E-state index is 15.7. The third-order valence-corrected chi connectivity index (χ3v) is 24.3. The third kappa shape index (κ3) is 28.0. The van der Waals surface area contributed by atoms with Crippen LogP contribution in [0.15, 0.2) is 128 Å². The predicted octanol–water partition coefficient (Wildman–Crippen LogP) is 0.425. The molecule has 0 spiro atoms. The summed E-state index contributed by atoms with van der Waals surface area (Å²) in [4.78, 5) is 257. The maximum absolute atomic E-state index is 15.7. The van der Waals surface area contributed by atoms with Gasteiger partial charge in [-0.1, -0.05) is 125 Å². The number of aromatic nitrogens is 1. The number of thioether (sulfide) groups is 1. The van der Waals surface area contributed by atoms with Crippen molar-refractivity contribution in [2.75, 3.05) is 72.0 Å². The van der Waals surface area contributed by atoms with Gasteiger partial charge in [0.15, 0.2) is 17.5 Å². The molecule has 4 heterocycles. The van der Waals surface area contributed by atoms with E-state index in [1.54, 1.807) is 105 Å². The van der Waals surface area contributed by atoms with Crippen molar-refractivity contribution in [3.05, 3.63) is 173 Å². The Morgan fingerprint density at radius 3 is 1.63 bits per heavy atom. The van der Waals surface area contributed by atoms with Crippen LogP contribution in [0.3, 0.4) is 0 Å². The van der Waals surface area contributed by atoms with Gasteiger partial charge >= 0.3 is 0 Å². The molecule has 3 aliphatic heterocycles. The monoisotopic (exact) mass is 1850 g/mol. The molecule has 9 rings (SSSR count). The predicted molar refractivity (Wildman–Crippen MR) is 475 cm³/mol. The average molecular weight is 1860 g/mol. The minimum absolute atomic E-state index is 0.00216. The number of ether oxygens (including phenoxy) is 2. The third-order valence-electron chi connectivity index (χ3n) is 23.3. The summed E-state index contributed by atoms with van der Waals surface area (Å²) >= 11 is 0.660. The van der Waals surface area contributed by atoms with E-state index in [4.69, 9.17) is 20.9 Å². The van der Waals surface area contributed by atoms with Gasteiger partial charge in [0.2, 0.25) is 88.6 Å². The molecule has 132 heavy (non-hydrogen) atoms. The second-order valence-corrected chi connectivity index (χ2v) is 34.0. The molecule has 6 aromatic rings. The first-order chi connectivity index (χ1) is 63.1. The van der Waals surface area contributed by atoms with Gasteiger partial charge in [-0.25, -0.2) is 13.2 Å². The first kappa shape index (κ1) is 102. The Labute approximate surface area is 764 Å². The highest BCUT2D eigenvalue weighted by Crippen LogP contribution is 2.28. The number of aromatic hydroxyl groups is 1. The number of nitrogens with one attached hydrogen (secondary N) is 10. The molecule has 3 aliphatic rings. The molecular weight excluding hydrogens is 1740 g/mol. The number of unbranched alkanes of at least 4 members (excludes halogenated alkanes) is 1. The molecule has 0 bridgehead atoms. The van der Waals surface area contributed by atoms with Gasteiger partial charge in [0.1, 0.15) is 97.5 Å². The number of phenolic OH excluding ortho intramolecular Hbond substituents is 1. The van der Waals surface area contributed by atoms with Gasteiger partial charge < -0.3 is 103 Å². The largest absolute Gasteiger partial charge is 0.508 e. The lowest BCUT2D eigenvalue weighted by atomic mass is 9.98. The first-order valence-electron chi connectivity index (χ1n) is 43.5. The second kappa shape index (κ2) is 49.5. The quantitative estimate of drug-likeness (QED) is 0.0259. The maximum Gasteiger partial charge on any atom is 0.293 e. The average Bonchev–Trinajstić information content (AvgIpc) is 1.58. The van der Waals surface area contributed by atoms with E-state index >= 15 is 51.9 Å². The van der Waals surface area contributed by atoms with E-state index in [0.29, 0.717) is 69.9 Å². The fraction of sp³-hybridized carbons (Fsp3) is 0.462. The normalized spacial score (nSPS) is 23.6. The van der Waals surface area contributed by atoms with Crippen LogP contribution >= 0.6 is 11.8 Å². The van der Waals surface area contributed by atoms with Crippen molar-refractivity contribution in [3.63, 3.8) is 0 Å². The van der Waals surface area contributed by atoms with E-state index in [2.05, 4.69) is 52.8 Å². The Kier molecular flexibility index (Phi) is 38.4. The van der Waals surface area contributed by atoms with E-state index in [1.165, 1.54) is 50.3 Å². The van der Waals surface area contributed by atoms with Crippen molar-refractivity contribution >= 4 is 124 Å². The number of hydrogen-bond acceptors (Lipinski definition) is 22. The van der Waals surface area contributed by atoms with Gasteiger partial charge in [-0.15, -0.1) is 11.8 Å². The van der Waals surface area contributed by atoms with Crippen molar-refractivity contribution in [3.8, 4) is 5.75 Å². The zero-order valence-corrected chi connectivity index (χ0v) is 74.9. The second-order valence-electron chi connectivity index (χ2n) is 33.0. The Bertz CT molecular complexity index is 5080. The standard InChI is InChI=1S/C91H114F3N17O20S/c1-7-8-27-72-90(128)111-36-19-29-71(111)85(123)103-67(46-130-50-112)83(121)106-78(52(2)3)91(129)108(5)73(41-53-20-11-9-12-21-53)86(124)104-68(47-131-51-113)88(126)110-35-18-28-70(110)84(122)102-65(43-57-44-97-62-25-16-15-24-59(57)62)82(120)101-64(39-55-30-32-58(114)33-31-55)81(119)100-63(26-17-34-95)80(118)105-69(79(117)98-45-75(96)115)48-132-49-76(116)99-66(40-56-37-60(92)77(94)61(93)38-56)87(125)109(6)74(89(127)107(72)4)42-54-22-13-10-14-23-54/h9-16,20-25,30-33,37-38,44,50-52,63-74,78,97,114H,7-8,17-19,26-29,34-36,39-43,45-49,95H2,1-6H3,(H2,96,115)(H,98,117)(H,99,116)(H,100,119)(H,101,120)(H,102,122)(H,103,123)(H,104,124)(H,105,118)(H,106,121)/t63-,64-,65-,66-,67-,68-,69-,70+,71+,72-,73-,74-,78-/m0/s1. The summed E-state index contributed by atoms with van der Waals surface area (Å²) < 4.78 is 55.3. The number of para-hydroxylation sites is 1. The van der Waals surface area contributed by atoms with Crippen LogP contribution in [0.25, 0.3) is 10.9 Å². The number of phenols is 1. The lowest BCUT2D eigenvalue weighted by Gasteiger charge is -2.38. The Hall–Kier alpha value is -13.5. The highest BCUT2D eigenvalue weighted by molar-refractivity contribution is 8.00. The topological polar surface area (TPSA) is 521 Å². The highest BCUT2D eigenvalue weighted by Gasteiger charge is 2.46. The number of carbonyl (C=O) groups excluding carboxylic acids is 17. The lowest BCUT2D eigenvalue weighted by molar-refractivity contribution is -0.152. The number of amides is 15. The molecule has 710 valence electrons. The smallest absolute Gasteiger partial charge is 0.293 e. The summed E-state index contributed by atoms with van der Waals surface area (Å²) in [6.07, 6.45) is 0.456. The summed E-state index contributed by atoms with van der Waals surface area (Å²) in [5, 5.41) is 34.4. The van der Waals surface area contributed by atoms with E-state index < -0.39 is 228 Å². The molecule has 15 amide bonds. The van der Waals surface area contributed by atoms with E-state index in [9.17, 15) is 47.9 Å². The van der Waals surface area contributed by atoms with Crippen molar-refractivity contribution in [2.45, 2.75) is 189 Å². The minimum atomic E-state index is -1.87. The summed E-state index contributed by atoms with van der Waals surface area (Å²) in [5.41, 5.74) is 13.5. The van der Waals surface area contributed by atoms with Gasteiger partial charge in [0.25, 0.3) is 12.9 Å². The molecule has 5 aromatic carbocycles. The van der Waals surface area contributed by atoms with E-state index in [1.807, 2.05) is 6.92 Å². The molecule has 0 unspecified atom stereocenters. The number of hydrogen-bond donors (Lipinski definition) is 13. The van der Waals surface area contributed by atoms with Crippen LogP contribution in [0, 0.1) is 23.4 Å². The molecule has 1 aromatic heterocycles. The fourth-order valence-corrected chi connectivity index (χ4v) is 16.9. The van der Waals surface area contributed by atoms with Crippen LogP contribution in [-0.2, 0) is 123 Å². The number of rotatable bonds is 26. The number of aromatic amines is 1. The van der Waals surface area contributed by atoms with Gasteiger partial charge in [0.05, 0.1) is 12.3 Å². The van der Waals surface area contributed by atoms with Crippen molar-refractivity contribution < 1.29 is 109 Å². The molecular formula is C91H114F3N17O20S. The molecule has 0 saturated carbocycles. The number of likely N-dealkylation sites (N-methyl/N-ethyl adjacent to an activating group) is 3. The number of H-pyrrole nitrogens is 1. The Morgan fingerprint density at radius 1 is 0.530 bits per heavy atom. The van der Waals surface area contributed by atoms with Gasteiger partial charge in [-0.05, 0) is 116 Å². The molecule has 3 saturated heterocycles. The summed E-state index contributed by atoms with van der Waals surface area (Å²) in [7, 11) is 3.75. The van der Waals surface area contributed by atoms with Crippen LogP contribution < -0.4 is 59.3 Å². The molecule has 37 nitrogen and oxygen atoms in total. The summed E-state index contributed by atoms with van der Waals surface area (Å²) in [6, 6.07) is 9.20. The molecule has 0 radical (unpaired) electrons. The SMILES string of the molecule is CCCC[C@H]1C(=O)N2CCC[C@@H]2C(=O)N[C@@H](COC=O)C(=O)N[C@@H](C(C)C)C(=O)N(C)[C@@H](Cc2ccccc2)C(=O)N[C@@H](COC=O)C(=O)N2CCC[C@@H]2C(=O)N[C@@H](Cc2c[nH]c3ccccc23)C(=O)N[C@@H](Cc2ccc(O)cc2)C(=O)N[C@@H](CCCN)C(=O)N[C@H](C(=O)NCC(N)=O)CSCC(=O)N[C@@H](Cc2cc(F)c(F)c(F)c2)C(=O)N(C)[C@@H](Cc2ccccc2)C(=O)N1C. The van der Waals surface area contributed by atoms with Crippen molar-refractivity contribution in [1.82, 2.24) is 77.3 Å². The Balaban J connectivity index is 1.13. The van der Waals surface area contributed by atoms with Crippen LogP contribution in [0.1, 0.15) is 106 Å². The van der Waals surface area contributed by atoms with E-state index in [0.717, 1.165) is 19.6 Å². The number of halogens is 3.